The number of allylic oxidation sites excluding steroid dienone is 6. The molecule has 0 aromatic carbocycles. The summed E-state index contributed by atoms with van der Waals surface area (Å²) in [5.74, 6) is 3.20. The van der Waals surface area contributed by atoms with E-state index in [0.29, 0.717) is 5.41 Å². The maximum Gasteiger partial charge on any atom is -0.0101 e. The van der Waals surface area contributed by atoms with Crippen LogP contribution in [0.1, 0.15) is 38.5 Å². The van der Waals surface area contributed by atoms with E-state index in [1.807, 2.05) is 0 Å². The van der Waals surface area contributed by atoms with Gasteiger partial charge in [0.1, 0.15) is 0 Å². The Kier molecular flexibility index (Phi) is 1.81. The van der Waals surface area contributed by atoms with Gasteiger partial charge in [0.05, 0.1) is 0 Å². The van der Waals surface area contributed by atoms with Crippen LogP contribution in [0.15, 0.2) is 36.0 Å². The molecule has 4 saturated carbocycles. The summed E-state index contributed by atoms with van der Waals surface area (Å²) < 4.78 is 0. The normalized spacial score (nSPS) is 48.0. The number of hydrogen-bond acceptors (Lipinski definition) is 0. The summed E-state index contributed by atoms with van der Waals surface area (Å²) in [7, 11) is 0. The summed E-state index contributed by atoms with van der Waals surface area (Å²) in [4.78, 5) is 0. The third-order valence-electron chi connectivity index (χ3n) is 5.25. The molecule has 4 bridgehead atoms. The Morgan fingerprint density at radius 3 is 1.88 bits per heavy atom. The van der Waals surface area contributed by atoms with Gasteiger partial charge in [0.15, 0.2) is 0 Å². The lowest BCUT2D eigenvalue weighted by Gasteiger charge is -2.56. The standard InChI is InChI=1S/C16H20/c1-2-4-12(3-1)8-16-9-13-5-14(10-16)7-15(6-13)11-16/h1-4,8,13-15H,5-7,9-11H2. The predicted octanol–water partition coefficient (Wildman–Crippen LogP) is 4.26. The Labute approximate surface area is 98.1 Å². The van der Waals surface area contributed by atoms with Gasteiger partial charge >= 0.3 is 0 Å². The first-order valence-corrected chi connectivity index (χ1v) is 6.89. The highest BCUT2D eigenvalue weighted by atomic mass is 14.5. The quantitative estimate of drug-likeness (QED) is 0.609. The Morgan fingerprint density at radius 2 is 1.38 bits per heavy atom. The second-order valence-corrected chi connectivity index (χ2v) is 6.64. The monoisotopic (exact) mass is 212 g/mol. The molecule has 0 saturated heterocycles. The molecule has 5 aliphatic rings. The minimum absolute atomic E-state index is 0.600. The van der Waals surface area contributed by atoms with Crippen LogP contribution < -0.4 is 0 Å². The lowest BCUT2D eigenvalue weighted by atomic mass is 9.49. The minimum atomic E-state index is 0.600. The molecule has 4 fully saturated rings. The van der Waals surface area contributed by atoms with Crippen LogP contribution in [0.5, 0.6) is 0 Å². The Balaban J connectivity index is 1.69. The maximum absolute atomic E-state index is 2.62. The van der Waals surface area contributed by atoms with Gasteiger partial charge in [-0.3, -0.25) is 0 Å². The van der Waals surface area contributed by atoms with Crippen LogP contribution >= 0.6 is 0 Å². The largest absolute Gasteiger partial charge is 0.0710 e. The topological polar surface area (TPSA) is 0 Å². The molecule has 84 valence electrons. The van der Waals surface area contributed by atoms with Crippen molar-refractivity contribution in [1.29, 1.82) is 0 Å². The summed E-state index contributed by atoms with van der Waals surface area (Å²) in [6, 6.07) is 0. The van der Waals surface area contributed by atoms with Crippen LogP contribution in [-0.2, 0) is 0 Å². The summed E-state index contributed by atoms with van der Waals surface area (Å²) in [5.41, 5.74) is 2.07. The van der Waals surface area contributed by atoms with Crippen molar-refractivity contribution in [2.24, 2.45) is 23.2 Å². The van der Waals surface area contributed by atoms with Gasteiger partial charge in [-0.1, -0.05) is 30.4 Å². The molecule has 0 nitrogen and oxygen atoms in total. The third kappa shape index (κ3) is 1.35. The van der Waals surface area contributed by atoms with E-state index >= 15 is 0 Å². The van der Waals surface area contributed by atoms with Crippen molar-refractivity contribution in [3.8, 4) is 0 Å². The van der Waals surface area contributed by atoms with Crippen molar-refractivity contribution in [2.45, 2.75) is 38.5 Å². The molecule has 0 atom stereocenters. The van der Waals surface area contributed by atoms with Crippen molar-refractivity contribution in [3.63, 3.8) is 0 Å². The minimum Gasteiger partial charge on any atom is -0.0710 e. The Bertz CT molecular complexity index is 345. The van der Waals surface area contributed by atoms with E-state index in [2.05, 4.69) is 30.4 Å². The summed E-state index contributed by atoms with van der Waals surface area (Å²) >= 11 is 0. The molecular weight excluding hydrogens is 192 g/mol. The fraction of sp³-hybridized carbons (Fsp3) is 0.625. The smallest absolute Gasteiger partial charge is 0.0101 e. The zero-order valence-electron chi connectivity index (χ0n) is 9.86. The molecular formula is C16H20. The summed E-state index contributed by atoms with van der Waals surface area (Å²) in [6.45, 7) is 0. The number of hydrogen-bond donors (Lipinski definition) is 0. The first-order valence-electron chi connectivity index (χ1n) is 6.89. The van der Waals surface area contributed by atoms with Crippen molar-refractivity contribution in [3.05, 3.63) is 36.0 Å². The van der Waals surface area contributed by atoms with Crippen molar-refractivity contribution in [1.82, 2.24) is 0 Å². The van der Waals surface area contributed by atoms with Gasteiger partial charge in [0.2, 0.25) is 0 Å². The Hall–Kier alpha value is -0.780. The second-order valence-electron chi connectivity index (χ2n) is 6.64. The first kappa shape index (κ1) is 9.27. The van der Waals surface area contributed by atoms with Crippen LogP contribution in [0.2, 0.25) is 0 Å². The zero-order chi connectivity index (χ0) is 10.6. The van der Waals surface area contributed by atoms with Gasteiger partial charge in [-0.2, -0.15) is 0 Å². The second kappa shape index (κ2) is 3.12. The molecule has 0 aliphatic heterocycles. The highest BCUT2D eigenvalue weighted by Crippen LogP contribution is 2.60. The van der Waals surface area contributed by atoms with Gasteiger partial charge in [0, 0.05) is 0 Å². The molecule has 0 N–H and O–H groups in total. The molecule has 0 aromatic heterocycles. The molecule has 0 unspecified atom stereocenters. The van der Waals surface area contributed by atoms with E-state index in [0.717, 1.165) is 17.8 Å². The fourth-order valence-corrected chi connectivity index (χ4v) is 5.19. The van der Waals surface area contributed by atoms with E-state index in [9.17, 15) is 0 Å². The highest BCUT2D eigenvalue weighted by Gasteiger charge is 2.49. The lowest BCUT2D eigenvalue weighted by Crippen LogP contribution is -2.45. The molecule has 0 spiro atoms. The van der Waals surface area contributed by atoms with E-state index < -0.39 is 0 Å². The molecule has 0 amide bonds. The van der Waals surface area contributed by atoms with E-state index in [4.69, 9.17) is 0 Å². The van der Waals surface area contributed by atoms with Crippen molar-refractivity contribution in [2.75, 3.05) is 0 Å². The lowest BCUT2D eigenvalue weighted by molar-refractivity contribution is -0.0239. The van der Waals surface area contributed by atoms with Crippen molar-refractivity contribution < 1.29 is 0 Å². The van der Waals surface area contributed by atoms with E-state index in [1.165, 1.54) is 24.8 Å². The van der Waals surface area contributed by atoms with Gasteiger partial charge < -0.3 is 0 Å². The average Bonchev–Trinajstić information content (AvgIpc) is 2.66. The summed E-state index contributed by atoms with van der Waals surface area (Å²) in [5, 5.41) is 0. The maximum atomic E-state index is 2.62. The van der Waals surface area contributed by atoms with Gasteiger partial charge in [0.25, 0.3) is 0 Å². The SMILES string of the molecule is C1=CC(=CC23CC4CC(CC(C4)C2)C3)C=C1. The predicted molar refractivity (Wildman–Crippen MR) is 67.0 cm³/mol. The fourth-order valence-electron chi connectivity index (χ4n) is 5.19. The number of rotatable bonds is 1. The Morgan fingerprint density at radius 1 is 0.875 bits per heavy atom. The van der Waals surface area contributed by atoms with Gasteiger partial charge in [-0.25, -0.2) is 0 Å². The van der Waals surface area contributed by atoms with Crippen LogP contribution in [0.25, 0.3) is 0 Å². The molecule has 5 rings (SSSR count). The van der Waals surface area contributed by atoms with Crippen LogP contribution in [-0.4, -0.2) is 0 Å². The summed E-state index contributed by atoms with van der Waals surface area (Å²) in [6.07, 6.45) is 20.6. The van der Waals surface area contributed by atoms with Crippen molar-refractivity contribution >= 4 is 0 Å². The molecule has 16 heavy (non-hydrogen) atoms. The molecule has 0 heterocycles. The molecule has 0 heteroatoms. The van der Waals surface area contributed by atoms with E-state index in [-0.39, 0.29) is 0 Å². The van der Waals surface area contributed by atoms with E-state index in [1.54, 1.807) is 19.3 Å². The molecule has 0 aromatic rings. The highest BCUT2D eigenvalue weighted by molar-refractivity contribution is 5.41. The van der Waals surface area contributed by atoms with Gasteiger partial charge in [-0.05, 0) is 67.3 Å². The molecule has 5 aliphatic carbocycles. The first-order chi connectivity index (χ1) is 7.81. The molecule has 0 radical (unpaired) electrons. The van der Waals surface area contributed by atoms with Crippen LogP contribution in [0.4, 0.5) is 0 Å². The van der Waals surface area contributed by atoms with Gasteiger partial charge in [-0.15, -0.1) is 0 Å². The zero-order valence-corrected chi connectivity index (χ0v) is 9.86. The third-order valence-corrected chi connectivity index (χ3v) is 5.25. The van der Waals surface area contributed by atoms with Crippen LogP contribution in [0, 0.1) is 23.2 Å². The average molecular weight is 212 g/mol. The van der Waals surface area contributed by atoms with Crippen LogP contribution in [0.3, 0.4) is 0 Å².